The van der Waals surface area contributed by atoms with Gasteiger partial charge < -0.3 is 5.32 Å². The minimum absolute atomic E-state index is 0.0597. The summed E-state index contributed by atoms with van der Waals surface area (Å²) in [5, 5.41) is 3.49. The number of rotatable bonds is 8. The number of hydrogen-bond acceptors (Lipinski definition) is 5. The second kappa shape index (κ2) is 8.61. The predicted octanol–water partition coefficient (Wildman–Crippen LogP) is 3.23. The molecule has 0 unspecified atom stereocenters. The Labute approximate surface area is 172 Å². The fraction of sp³-hybridized carbons (Fsp3) is 0.429. The molecule has 29 heavy (non-hydrogen) atoms. The summed E-state index contributed by atoms with van der Waals surface area (Å²) in [6, 6.07) is 9.22. The molecule has 0 aliphatic heterocycles. The minimum Gasteiger partial charge on any atom is -0.305 e. The first kappa shape index (κ1) is 21.4. The van der Waals surface area contributed by atoms with Crippen molar-refractivity contribution in [3.8, 4) is 0 Å². The van der Waals surface area contributed by atoms with E-state index in [2.05, 4.69) is 22.2 Å². The number of benzene rings is 1. The van der Waals surface area contributed by atoms with Crippen molar-refractivity contribution in [3.05, 3.63) is 59.2 Å². The van der Waals surface area contributed by atoms with Gasteiger partial charge >= 0.3 is 0 Å². The number of imidazole rings is 1. The zero-order valence-corrected chi connectivity index (χ0v) is 18.5. The zero-order valence-electron chi connectivity index (χ0n) is 17.7. The van der Waals surface area contributed by atoms with E-state index in [0.717, 1.165) is 22.6 Å². The van der Waals surface area contributed by atoms with Crippen LogP contribution >= 0.6 is 0 Å². The average molecular weight is 416 g/mol. The molecule has 0 fully saturated rings. The van der Waals surface area contributed by atoms with Crippen molar-refractivity contribution in [2.75, 3.05) is 13.1 Å². The van der Waals surface area contributed by atoms with E-state index < -0.39 is 10.0 Å². The molecule has 1 N–H and O–H groups in total. The molecule has 2 heterocycles. The van der Waals surface area contributed by atoms with Crippen LogP contribution in [0, 0.1) is 13.8 Å². The molecule has 0 spiro atoms. The monoisotopic (exact) mass is 415 g/mol. The van der Waals surface area contributed by atoms with Gasteiger partial charge in [-0.2, -0.15) is 4.31 Å². The molecular weight excluding hydrogens is 386 g/mol. The fourth-order valence-corrected chi connectivity index (χ4v) is 5.00. The third kappa shape index (κ3) is 4.34. The SMILES string of the molecule is CCN(CC)S(=O)(=O)c1ccc([C@@H](C)NCc2cnc3nc(C)cc(C)n23)cc1. The third-order valence-corrected chi connectivity index (χ3v) is 7.24. The highest BCUT2D eigenvalue weighted by Gasteiger charge is 2.21. The third-order valence-electron chi connectivity index (χ3n) is 5.18. The number of nitrogens with one attached hydrogen (secondary N) is 1. The number of aromatic nitrogens is 3. The molecule has 0 bridgehead atoms. The van der Waals surface area contributed by atoms with Gasteiger partial charge in [0.25, 0.3) is 0 Å². The summed E-state index contributed by atoms with van der Waals surface area (Å²) in [5.74, 6) is 0.706. The lowest BCUT2D eigenvalue weighted by Crippen LogP contribution is -2.30. The van der Waals surface area contributed by atoms with Crippen LogP contribution in [0.5, 0.6) is 0 Å². The Bertz CT molecular complexity index is 1090. The normalized spacial score (nSPS) is 13.3. The topological polar surface area (TPSA) is 79.6 Å². The first-order valence-corrected chi connectivity index (χ1v) is 11.4. The maximum absolute atomic E-state index is 12.6. The van der Waals surface area contributed by atoms with Gasteiger partial charge in [-0.05, 0) is 44.5 Å². The van der Waals surface area contributed by atoms with Gasteiger partial charge in [0, 0.05) is 37.1 Å². The molecule has 3 aromatic rings. The van der Waals surface area contributed by atoms with E-state index in [9.17, 15) is 8.42 Å². The van der Waals surface area contributed by atoms with E-state index in [-0.39, 0.29) is 6.04 Å². The Morgan fingerprint density at radius 1 is 1.14 bits per heavy atom. The van der Waals surface area contributed by atoms with Crippen LogP contribution in [-0.4, -0.2) is 40.2 Å². The number of hydrogen-bond donors (Lipinski definition) is 1. The summed E-state index contributed by atoms with van der Waals surface area (Å²) in [5.41, 5.74) is 4.12. The molecule has 8 heteroatoms. The van der Waals surface area contributed by atoms with Crippen LogP contribution in [0.25, 0.3) is 5.78 Å². The molecule has 156 valence electrons. The highest BCUT2D eigenvalue weighted by molar-refractivity contribution is 7.89. The summed E-state index contributed by atoms with van der Waals surface area (Å²) in [6.45, 7) is 11.3. The van der Waals surface area contributed by atoms with Gasteiger partial charge in [0.1, 0.15) is 0 Å². The molecule has 1 aromatic carbocycles. The van der Waals surface area contributed by atoms with Crippen molar-refractivity contribution >= 4 is 15.8 Å². The minimum atomic E-state index is -3.43. The highest BCUT2D eigenvalue weighted by atomic mass is 32.2. The van der Waals surface area contributed by atoms with Crippen molar-refractivity contribution in [2.45, 2.75) is 52.1 Å². The molecule has 0 saturated heterocycles. The largest absolute Gasteiger partial charge is 0.305 e. The van der Waals surface area contributed by atoms with E-state index in [1.165, 1.54) is 4.31 Å². The van der Waals surface area contributed by atoms with Gasteiger partial charge in [-0.25, -0.2) is 18.4 Å². The maximum atomic E-state index is 12.6. The molecule has 2 aromatic heterocycles. The number of aryl methyl sites for hydroxylation is 2. The molecule has 3 rings (SSSR count). The van der Waals surface area contributed by atoms with E-state index >= 15 is 0 Å². The van der Waals surface area contributed by atoms with Gasteiger partial charge in [0.05, 0.1) is 16.8 Å². The van der Waals surface area contributed by atoms with Crippen LogP contribution in [-0.2, 0) is 16.6 Å². The van der Waals surface area contributed by atoms with Crippen molar-refractivity contribution in [1.29, 1.82) is 0 Å². The van der Waals surface area contributed by atoms with Crippen LogP contribution in [0.2, 0.25) is 0 Å². The molecule has 0 radical (unpaired) electrons. The average Bonchev–Trinajstić information content (AvgIpc) is 3.10. The lowest BCUT2D eigenvalue weighted by Gasteiger charge is -2.19. The van der Waals surface area contributed by atoms with Crippen molar-refractivity contribution in [3.63, 3.8) is 0 Å². The second-order valence-corrected chi connectivity index (χ2v) is 9.12. The Morgan fingerprint density at radius 2 is 1.79 bits per heavy atom. The smallest absolute Gasteiger partial charge is 0.243 e. The summed E-state index contributed by atoms with van der Waals surface area (Å²) in [4.78, 5) is 9.20. The number of sulfonamides is 1. The zero-order chi connectivity index (χ0) is 21.2. The van der Waals surface area contributed by atoms with Gasteiger partial charge in [-0.1, -0.05) is 26.0 Å². The Kier molecular flexibility index (Phi) is 6.36. The Balaban J connectivity index is 1.73. The summed E-state index contributed by atoms with van der Waals surface area (Å²) in [7, 11) is -3.43. The van der Waals surface area contributed by atoms with E-state index in [1.807, 2.05) is 56.5 Å². The van der Waals surface area contributed by atoms with Gasteiger partial charge in [0.2, 0.25) is 15.8 Å². The van der Waals surface area contributed by atoms with Crippen LogP contribution in [0.4, 0.5) is 0 Å². The lowest BCUT2D eigenvalue weighted by atomic mass is 10.1. The molecule has 7 nitrogen and oxygen atoms in total. The first-order valence-electron chi connectivity index (χ1n) is 9.92. The van der Waals surface area contributed by atoms with Gasteiger partial charge in [-0.3, -0.25) is 4.40 Å². The molecule has 1 atom stereocenters. The lowest BCUT2D eigenvalue weighted by molar-refractivity contribution is 0.445. The van der Waals surface area contributed by atoms with Crippen LogP contribution in [0.1, 0.15) is 49.5 Å². The quantitative estimate of drug-likeness (QED) is 0.611. The van der Waals surface area contributed by atoms with Crippen molar-refractivity contribution < 1.29 is 8.42 Å². The van der Waals surface area contributed by atoms with Crippen LogP contribution < -0.4 is 5.32 Å². The summed E-state index contributed by atoms with van der Waals surface area (Å²) >= 11 is 0. The predicted molar refractivity (Wildman–Crippen MR) is 114 cm³/mol. The van der Waals surface area contributed by atoms with E-state index in [0.29, 0.717) is 30.3 Å². The first-order chi connectivity index (χ1) is 13.8. The summed E-state index contributed by atoms with van der Waals surface area (Å²) in [6.07, 6.45) is 1.84. The molecule has 0 saturated carbocycles. The molecular formula is C21H29N5O2S. The van der Waals surface area contributed by atoms with Gasteiger partial charge in [0.15, 0.2) is 0 Å². The van der Waals surface area contributed by atoms with E-state index in [4.69, 9.17) is 0 Å². The fourth-order valence-electron chi connectivity index (χ4n) is 3.54. The number of fused-ring (bicyclic) bond motifs is 1. The standard InChI is InChI=1S/C21H29N5O2S/c1-6-25(7-2)29(27,28)20-10-8-18(9-11-20)17(5)22-13-19-14-23-21-24-15(3)12-16(4)26(19)21/h8-12,14,17,22H,6-7,13H2,1-5H3/t17-/m1/s1. The molecule has 0 aliphatic carbocycles. The maximum Gasteiger partial charge on any atom is 0.243 e. The second-order valence-electron chi connectivity index (χ2n) is 7.18. The Hall–Kier alpha value is -2.29. The van der Waals surface area contributed by atoms with E-state index in [1.54, 1.807) is 12.1 Å². The highest BCUT2D eigenvalue weighted by Crippen LogP contribution is 2.20. The number of nitrogens with zero attached hydrogens (tertiary/aromatic N) is 4. The van der Waals surface area contributed by atoms with Crippen LogP contribution in [0.3, 0.4) is 0 Å². The van der Waals surface area contributed by atoms with Gasteiger partial charge in [-0.15, -0.1) is 0 Å². The molecule has 0 aliphatic rings. The summed E-state index contributed by atoms with van der Waals surface area (Å²) < 4.78 is 28.8. The Morgan fingerprint density at radius 3 is 2.41 bits per heavy atom. The van der Waals surface area contributed by atoms with Crippen molar-refractivity contribution in [1.82, 2.24) is 24.0 Å². The molecule has 0 amide bonds. The van der Waals surface area contributed by atoms with Crippen LogP contribution in [0.15, 0.2) is 41.4 Å². The van der Waals surface area contributed by atoms with Crippen molar-refractivity contribution in [2.24, 2.45) is 0 Å².